The highest BCUT2D eigenvalue weighted by atomic mass is 15.2. The lowest BCUT2D eigenvalue weighted by molar-refractivity contribution is 0.591. The third kappa shape index (κ3) is 2.71. The lowest BCUT2D eigenvalue weighted by atomic mass is 10.0. The van der Waals surface area contributed by atoms with Crippen LogP contribution in [-0.2, 0) is 0 Å². The second-order valence-electron chi connectivity index (χ2n) is 4.13. The molecular formula is C13H18N4. The van der Waals surface area contributed by atoms with Gasteiger partial charge in [0.05, 0.1) is 0 Å². The molecule has 0 aliphatic carbocycles. The Labute approximate surface area is 101 Å². The van der Waals surface area contributed by atoms with Gasteiger partial charge in [0.25, 0.3) is 0 Å². The summed E-state index contributed by atoms with van der Waals surface area (Å²) in [6.45, 7) is 2.76. The Balaban J connectivity index is 2.21. The van der Waals surface area contributed by atoms with Gasteiger partial charge in [0.1, 0.15) is 5.82 Å². The van der Waals surface area contributed by atoms with Gasteiger partial charge >= 0.3 is 0 Å². The van der Waals surface area contributed by atoms with Crippen LogP contribution in [0.3, 0.4) is 0 Å². The number of aromatic amines is 1. The van der Waals surface area contributed by atoms with Gasteiger partial charge in [0.2, 0.25) is 0 Å². The quantitative estimate of drug-likeness (QED) is 0.828. The number of H-pyrrole nitrogens is 1. The van der Waals surface area contributed by atoms with E-state index >= 15 is 0 Å². The molecule has 0 saturated carbocycles. The van der Waals surface area contributed by atoms with Crippen LogP contribution in [0.25, 0.3) is 11.4 Å². The van der Waals surface area contributed by atoms with Crippen molar-refractivity contribution in [2.75, 3.05) is 6.54 Å². The van der Waals surface area contributed by atoms with Crippen LogP contribution in [-0.4, -0.2) is 21.7 Å². The minimum Gasteiger partial charge on any atom is -0.330 e. The fraction of sp³-hybridized carbons (Fsp3) is 0.385. The Bertz CT molecular complexity index is 449. The molecule has 4 heteroatoms. The van der Waals surface area contributed by atoms with Crippen molar-refractivity contribution in [2.24, 2.45) is 5.73 Å². The van der Waals surface area contributed by atoms with Crippen molar-refractivity contribution in [1.29, 1.82) is 0 Å². The molecule has 0 spiro atoms. The predicted octanol–water partition coefficient (Wildman–Crippen LogP) is 2.31. The first kappa shape index (κ1) is 11.8. The average molecular weight is 230 g/mol. The van der Waals surface area contributed by atoms with E-state index in [1.54, 1.807) is 0 Å². The second-order valence-corrected chi connectivity index (χ2v) is 4.13. The van der Waals surface area contributed by atoms with Crippen LogP contribution in [0.1, 0.15) is 31.5 Å². The molecular weight excluding hydrogens is 212 g/mol. The van der Waals surface area contributed by atoms with Crippen molar-refractivity contribution in [3.05, 3.63) is 36.2 Å². The van der Waals surface area contributed by atoms with Crippen molar-refractivity contribution < 1.29 is 0 Å². The van der Waals surface area contributed by atoms with E-state index in [1.807, 2.05) is 30.3 Å². The summed E-state index contributed by atoms with van der Waals surface area (Å²) in [7, 11) is 0. The number of nitrogens with two attached hydrogens (primary N) is 1. The SMILES string of the molecule is CCCC(CN)c1nc(-c2ccccc2)n[nH]1. The number of hydrogen-bond acceptors (Lipinski definition) is 3. The third-order valence-corrected chi connectivity index (χ3v) is 2.84. The Hall–Kier alpha value is -1.68. The highest BCUT2D eigenvalue weighted by Gasteiger charge is 2.14. The van der Waals surface area contributed by atoms with Gasteiger partial charge in [0, 0.05) is 18.0 Å². The topological polar surface area (TPSA) is 67.6 Å². The molecule has 1 aromatic carbocycles. The minimum absolute atomic E-state index is 0.282. The zero-order chi connectivity index (χ0) is 12.1. The van der Waals surface area contributed by atoms with Crippen molar-refractivity contribution in [3.8, 4) is 11.4 Å². The fourth-order valence-electron chi connectivity index (χ4n) is 1.89. The first-order chi connectivity index (χ1) is 8.35. The largest absolute Gasteiger partial charge is 0.330 e. The van der Waals surface area contributed by atoms with Crippen molar-refractivity contribution >= 4 is 0 Å². The van der Waals surface area contributed by atoms with Crippen LogP contribution >= 0.6 is 0 Å². The van der Waals surface area contributed by atoms with Crippen molar-refractivity contribution in [3.63, 3.8) is 0 Å². The molecule has 1 atom stereocenters. The molecule has 3 N–H and O–H groups in total. The summed E-state index contributed by atoms with van der Waals surface area (Å²) in [4.78, 5) is 4.52. The van der Waals surface area contributed by atoms with Gasteiger partial charge < -0.3 is 5.73 Å². The zero-order valence-corrected chi connectivity index (χ0v) is 10.1. The molecule has 1 aromatic heterocycles. The monoisotopic (exact) mass is 230 g/mol. The van der Waals surface area contributed by atoms with E-state index in [-0.39, 0.29) is 5.92 Å². The first-order valence-electron chi connectivity index (χ1n) is 6.03. The molecule has 1 heterocycles. The maximum absolute atomic E-state index is 5.75. The lowest BCUT2D eigenvalue weighted by Gasteiger charge is -2.08. The number of nitrogens with zero attached hydrogens (tertiary/aromatic N) is 2. The summed E-state index contributed by atoms with van der Waals surface area (Å²) in [6.07, 6.45) is 2.14. The van der Waals surface area contributed by atoms with Crippen LogP contribution in [0.5, 0.6) is 0 Å². The fourth-order valence-corrected chi connectivity index (χ4v) is 1.89. The molecule has 1 unspecified atom stereocenters. The van der Waals surface area contributed by atoms with Gasteiger partial charge in [-0.1, -0.05) is 43.7 Å². The molecule has 0 amide bonds. The molecule has 0 aliphatic heterocycles. The van der Waals surface area contributed by atoms with E-state index in [1.165, 1.54) is 0 Å². The van der Waals surface area contributed by atoms with Crippen LogP contribution in [0.4, 0.5) is 0 Å². The summed E-state index contributed by atoms with van der Waals surface area (Å²) in [5.41, 5.74) is 6.78. The summed E-state index contributed by atoms with van der Waals surface area (Å²) < 4.78 is 0. The van der Waals surface area contributed by atoms with E-state index in [2.05, 4.69) is 22.1 Å². The van der Waals surface area contributed by atoms with Gasteiger partial charge in [-0.05, 0) is 6.42 Å². The summed E-state index contributed by atoms with van der Waals surface area (Å²) in [5, 5.41) is 7.24. The van der Waals surface area contributed by atoms with Crippen molar-refractivity contribution in [1.82, 2.24) is 15.2 Å². The molecule has 0 radical (unpaired) electrons. The average Bonchev–Trinajstić information content (AvgIpc) is 2.86. The molecule has 2 rings (SSSR count). The highest BCUT2D eigenvalue weighted by molar-refractivity contribution is 5.53. The maximum atomic E-state index is 5.75. The van der Waals surface area contributed by atoms with Gasteiger partial charge in [-0.3, -0.25) is 5.10 Å². The van der Waals surface area contributed by atoms with E-state index in [9.17, 15) is 0 Å². The summed E-state index contributed by atoms with van der Waals surface area (Å²) >= 11 is 0. The number of nitrogens with one attached hydrogen (secondary N) is 1. The van der Waals surface area contributed by atoms with Crippen LogP contribution in [0, 0.1) is 0 Å². The Morgan fingerprint density at radius 2 is 2.06 bits per heavy atom. The van der Waals surface area contributed by atoms with Gasteiger partial charge in [-0.25, -0.2) is 4.98 Å². The standard InChI is InChI=1S/C13H18N4/c1-2-6-11(9-14)13-15-12(16-17-13)10-7-4-3-5-8-10/h3-5,7-8,11H,2,6,9,14H2,1H3,(H,15,16,17). The number of benzene rings is 1. The Morgan fingerprint density at radius 1 is 1.29 bits per heavy atom. The lowest BCUT2D eigenvalue weighted by Crippen LogP contribution is -2.13. The summed E-state index contributed by atoms with van der Waals surface area (Å²) in [6, 6.07) is 9.96. The normalized spacial score (nSPS) is 12.6. The second kappa shape index (κ2) is 5.59. The van der Waals surface area contributed by atoms with Crippen LogP contribution < -0.4 is 5.73 Å². The van der Waals surface area contributed by atoms with E-state index in [0.29, 0.717) is 6.54 Å². The molecule has 90 valence electrons. The van der Waals surface area contributed by atoms with E-state index < -0.39 is 0 Å². The van der Waals surface area contributed by atoms with Crippen LogP contribution in [0.2, 0.25) is 0 Å². The molecule has 4 nitrogen and oxygen atoms in total. The smallest absolute Gasteiger partial charge is 0.181 e. The van der Waals surface area contributed by atoms with Gasteiger partial charge in [0.15, 0.2) is 5.82 Å². The molecule has 0 aliphatic rings. The number of rotatable bonds is 5. The predicted molar refractivity (Wildman–Crippen MR) is 68.5 cm³/mol. The van der Waals surface area contributed by atoms with Crippen LogP contribution in [0.15, 0.2) is 30.3 Å². The molecule has 0 bridgehead atoms. The maximum Gasteiger partial charge on any atom is 0.181 e. The Kier molecular flexibility index (Phi) is 3.88. The summed E-state index contributed by atoms with van der Waals surface area (Å²) in [5.74, 6) is 1.92. The zero-order valence-electron chi connectivity index (χ0n) is 10.1. The van der Waals surface area contributed by atoms with Gasteiger partial charge in [-0.2, -0.15) is 5.10 Å². The molecule has 0 saturated heterocycles. The third-order valence-electron chi connectivity index (χ3n) is 2.84. The Morgan fingerprint density at radius 3 is 2.71 bits per heavy atom. The van der Waals surface area contributed by atoms with Crippen molar-refractivity contribution in [2.45, 2.75) is 25.7 Å². The van der Waals surface area contributed by atoms with Gasteiger partial charge in [-0.15, -0.1) is 0 Å². The highest BCUT2D eigenvalue weighted by Crippen LogP contribution is 2.19. The van der Waals surface area contributed by atoms with E-state index in [0.717, 1.165) is 30.1 Å². The number of aromatic nitrogens is 3. The first-order valence-corrected chi connectivity index (χ1v) is 6.03. The number of hydrogen-bond donors (Lipinski definition) is 2. The minimum atomic E-state index is 0.282. The molecule has 2 aromatic rings. The molecule has 17 heavy (non-hydrogen) atoms. The van der Waals surface area contributed by atoms with E-state index in [4.69, 9.17) is 5.73 Å². The molecule has 0 fully saturated rings.